The van der Waals surface area contributed by atoms with E-state index in [2.05, 4.69) is 6.92 Å². The summed E-state index contributed by atoms with van der Waals surface area (Å²) in [6.07, 6.45) is 10.8. The lowest BCUT2D eigenvalue weighted by atomic mass is 9.87. The molecule has 0 aromatic rings. The average Bonchev–Trinajstić information content (AvgIpc) is 2.57. The molecule has 0 aromatic carbocycles. The van der Waals surface area contributed by atoms with Gasteiger partial charge in [-0.3, -0.25) is 9.59 Å². The van der Waals surface area contributed by atoms with Gasteiger partial charge in [-0.2, -0.15) is 0 Å². The average molecular weight is 368 g/mol. The van der Waals surface area contributed by atoms with E-state index in [0.717, 1.165) is 19.3 Å². The molecular formula is C20H32O6. The number of aliphatic hydroxyl groups is 2. The molecule has 3 N–H and O–H groups in total. The van der Waals surface area contributed by atoms with Crippen molar-refractivity contribution in [1.29, 1.82) is 0 Å². The Labute approximate surface area is 155 Å². The van der Waals surface area contributed by atoms with Crippen LogP contribution in [0.25, 0.3) is 0 Å². The van der Waals surface area contributed by atoms with Crippen LogP contribution in [-0.2, 0) is 14.3 Å². The molecule has 0 radical (unpaired) electrons. The number of cyclic esters (lactones) is 1. The Morgan fingerprint density at radius 3 is 2.77 bits per heavy atom. The van der Waals surface area contributed by atoms with Gasteiger partial charge in [-0.05, 0) is 31.8 Å². The van der Waals surface area contributed by atoms with Crippen LogP contribution in [0.2, 0.25) is 0 Å². The van der Waals surface area contributed by atoms with E-state index in [0.29, 0.717) is 25.7 Å². The molecule has 148 valence electrons. The fourth-order valence-electron chi connectivity index (χ4n) is 2.98. The highest BCUT2D eigenvalue weighted by Crippen LogP contribution is 2.27. The summed E-state index contributed by atoms with van der Waals surface area (Å²) in [5.41, 5.74) is 0. The second-order valence-electron chi connectivity index (χ2n) is 6.83. The molecule has 0 aromatic heterocycles. The first-order valence-electron chi connectivity index (χ1n) is 9.54. The van der Waals surface area contributed by atoms with Gasteiger partial charge < -0.3 is 20.1 Å². The van der Waals surface area contributed by atoms with Gasteiger partial charge in [-0.1, -0.05) is 44.4 Å². The smallest absolute Gasteiger partial charge is 0.309 e. The first kappa shape index (κ1) is 22.4. The Kier molecular flexibility index (Phi) is 10.9. The van der Waals surface area contributed by atoms with Crippen molar-refractivity contribution in [1.82, 2.24) is 0 Å². The first-order chi connectivity index (χ1) is 12.4. The van der Waals surface area contributed by atoms with Crippen LogP contribution in [0.5, 0.6) is 0 Å². The number of rotatable bonds is 12. The van der Waals surface area contributed by atoms with E-state index in [1.807, 2.05) is 12.2 Å². The monoisotopic (exact) mass is 368 g/mol. The van der Waals surface area contributed by atoms with Crippen LogP contribution in [0.1, 0.15) is 64.7 Å². The summed E-state index contributed by atoms with van der Waals surface area (Å²) in [5, 5.41) is 28.8. The Bertz CT molecular complexity index is 485. The van der Waals surface area contributed by atoms with E-state index in [4.69, 9.17) is 9.84 Å². The van der Waals surface area contributed by atoms with Crippen molar-refractivity contribution in [3.8, 4) is 0 Å². The highest BCUT2D eigenvalue weighted by molar-refractivity contribution is 5.71. The lowest BCUT2D eigenvalue weighted by molar-refractivity contribution is -0.163. The van der Waals surface area contributed by atoms with Crippen LogP contribution in [0.3, 0.4) is 0 Å². The predicted octanol–water partition coefficient (Wildman–Crippen LogP) is 2.98. The number of carbonyl (C=O) groups is 2. The van der Waals surface area contributed by atoms with Gasteiger partial charge in [0, 0.05) is 12.3 Å². The molecule has 0 saturated carbocycles. The molecule has 1 heterocycles. The van der Waals surface area contributed by atoms with Crippen LogP contribution in [0, 0.1) is 5.92 Å². The molecule has 0 unspecified atom stereocenters. The molecule has 6 nitrogen and oxygen atoms in total. The molecule has 4 atom stereocenters. The zero-order valence-corrected chi connectivity index (χ0v) is 15.5. The molecule has 1 rings (SSSR count). The molecule has 1 saturated heterocycles. The maximum absolute atomic E-state index is 11.6. The summed E-state index contributed by atoms with van der Waals surface area (Å²) in [6, 6.07) is 0. The quantitative estimate of drug-likeness (QED) is 0.278. The Balaban J connectivity index is 2.54. The molecule has 26 heavy (non-hydrogen) atoms. The van der Waals surface area contributed by atoms with E-state index in [9.17, 15) is 19.8 Å². The van der Waals surface area contributed by atoms with Crippen LogP contribution < -0.4 is 0 Å². The van der Waals surface area contributed by atoms with Crippen molar-refractivity contribution in [2.75, 3.05) is 0 Å². The molecule has 0 aliphatic carbocycles. The molecule has 0 bridgehead atoms. The Morgan fingerprint density at radius 2 is 2.08 bits per heavy atom. The van der Waals surface area contributed by atoms with E-state index in [1.165, 1.54) is 0 Å². The van der Waals surface area contributed by atoms with E-state index >= 15 is 0 Å². The zero-order valence-electron chi connectivity index (χ0n) is 15.5. The summed E-state index contributed by atoms with van der Waals surface area (Å²) in [5.74, 6) is -1.51. The van der Waals surface area contributed by atoms with Crippen molar-refractivity contribution >= 4 is 11.9 Å². The third-order valence-corrected chi connectivity index (χ3v) is 4.52. The molecule has 0 spiro atoms. The number of carboxylic acids is 1. The van der Waals surface area contributed by atoms with Crippen LogP contribution in [0.15, 0.2) is 24.3 Å². The molecule has 1 aliphatic rings. The second kappa shape index (κ2) is 12.7. The van der Waals surface area contributed by atoms with Gasteiger partial charge >= 0.3 is 11.9 Å². The normalized spacial score (nSPS) is 24.9. The Morgan fingerprint density at radius 1 is 1.31 bits per heavy atom. The number of allylic oxidation sites excluding steroid dienone is 2. The van der Waals surface area contributed by atoms with E-state index in [1.54, 1.807) is 12.2 Å². The molecule has 0 amide bonds. The minimum absolute atomic E-state index is 0.0269. The zero-order chi connectivity index (χ0) is 19.4. The lowest BCUT2D eigenvalue weighted by Crippen LogP contribution is -2.41. The van der Waals surface area contributed by atoms with Gasteiger partial charge in [0.25, 0.3) is 0 Å². The number of esters is 1. The van der Waals surface area contributed by atoms with Gasteiger partial charge in [0.15, 0.2) is 0 Å². The molecule has 1 aliphatic heterocycles. The van der Waals surface area contributed by atoms with Gasteiger partial charge in [-0.25, -0.2) is 0 Å². The van der Waals surface area contributed by atoms with Crippen molar-refractivity contribution in [2.45, 2.75) is 83.0 Å². The highest BCUT2D eigenvalue weighted by atomic mass is 16.5. The summed E-state index contributed by atoms with van der Waals surface area (Å²) < 4.78 is 5.35. The van der Waals surface area contributed by atoms with E-state index < -0.39 is 30.3 Å². The van der Waals surface area contributed by atoms with Gasteiger partial charge in [0.05, 0.1) is 18.6 Å². The summed E-state index contributed by atoms with van der Waals surface area (Å²) >= 11 is 0. The third kappa shape index (κ3) is 9.15. The number of ether oxygens (including phenoxy) is 1. The number of aliphatic carboxylic acids is 1. The highest BCUT2D eigenvalue weighted by Gasteiger charge is 2.35. The number of hydrogen-bond acceptors (Lipinski definition) is 5. The summed E-state index contributed by atoms with van der Waals surface area (Å²) in [7, 11) is 0. The molecule has 6 heteroatoms. The SMILES string of the molecule is CCCCC[C@H](O)/C=C/[C@H]1OC(=O)C[C@H](O)[C@@H]1C/C=C/CCCC(=O)O. The first-order valence-corrected chi connectivity index (χ1v) is 9.54. The fourth-order valence-corrected chi connectivity index (χ4v) is 2.98. The maximum atomic E-state index is 11.6. The molecular weight excluding hydrogens is 336 g/mol. The lowest BCUT2D eigenvalue weighted by Gasteiger charge is -2.32. The van der Waals surface area contributed by atoms with E-state index in [-0.39, 0.29) is 18.8 Å². The minimum Gasteiger partial charge on any atom is -0.481 e. The summed E-state index contributed by atoms with van der Waals surface area (Å²) in [4.78, 5) is 22.1. The maximum Gasteiger partial charge on any atom is 0.309 e. The van der Waals surface area contributed by atoms with Crippen molar-refractivity contribution in [2.24, 2.45) is 5.92 Å². The summed E-state index contributed by atoms with van der Waals surface area (Å²) in [6.45, 7) is 2.10. The van der Waals surface area contributed by atoms with Crippen LogP contribution in [0.4, 0.5) is 0 Å². The van der Waals surface area contributed by atoms with Crippen molar-refractivity contribution < 1.29 is 29.6 Å². The standard InChI is InChI=1S/C20H32O6/c1-2-3-6-9-15(21)12-13-18-16(17(22)14-20(25)26-18)10-7-4-5-8-11-19(23)24/h4,7,12-13,15-18,21-22H,2-3,5-6,8-11,14H2,1H3,(H,23,24)/b7-4+,13-12+/t15-,16-,17-,18+/m0/s1. The number of aliphatic hydroxyl groups excluding tert-OH is 2. The molecule has 1 fully saturated rings. The number of carbonyl (C=O) groups excluding carboxylic acids is 1. The Hall–Kier alpha value is -1.66. The van der Waals surface area contributed by atoms with Gasteiger partial charge in [0.1, 0.15) is 6.10 Å². The third-order valence-electron chi connectivity index (χ3n) is 4.52. The van der Waals surface area contributed by atoms with Gasteiger partial charge in [-0.15, -0.1) is 0 Å². The van der Waals surface area contributed by atoms with Gasteiger partial charge in [0.2, 0.25) is 0 Å². The fraction of sp³-hybridized carbons (Fsp3) is 0.700. The van der Waals surface area contributed by atoms with Crippen LogP contribution in [-0.4, -0.2) is 45.6 Å². The number of unbranched alkanes of at least 4 members (excludes halogenated alkanes) is 3. The van der Waals surface area contributed by atoms with Crippen molar-refractivity contribution in [3.63, 3.8) is 0 Å². The van der Waals surface area contributed by atoms with Crippen LogP contribution >= 0.6 is 0 Å². The second-order valence-corrected chi connectivity index (χ2v) is 6.83. The topological polar surface area (TPSA) is 104 Å². The number of hydrogen-bond donors (Lipinski definition) is 3. The minimum atomic E-state index is -0.810. The largest absolute Gasteiger partial charge is 0.481 e. The predicted molar refractivity (Wildman–Crippen MR) is 98.5 cm³/mol. The van der Waals surface area contributed by atoms with Crippen molar-refractivity contribution in [3.05, 3.63) is 24.3 Å². The number of carboxylic acid groups (broad SMARTS) is 1.